The number of nitrogens with one attached hydrogen (secondary N) is 1. The van der Waals surface area contributed by atoms with Gasteiger partial charge in [-0.2, -0.15) is 5.10 Å². The third-order valence-electron chi connectivity index (χ3n) is 4.25. The second-order valence-corrected chi connectivity index (χ2v) is 5.45. The number of carbonyl (C=O) groups excluding carboxylic acids is 1. The number of carbonyl (C=O) groups is 1. The molecule has 6 heteroatoms. The van der Waals surface area contributed by atoms with Gasteiger partial charge < -0.3 is 11.1 Å². The van der Waals surface area contributed by atoms with Gasteiger partial charge in [0.2, 0.25) is 0 Å². The summed E-state index contributed by atoms with van der Waals surface area (Å²) in [5, 5.41) is 8.27. The molecule has 0 aliphatic heterocycles. The van der Waals surface area contributed by atoms with E-state index < -0.39 is 0 Å². The Bertz CT molecular complexity index is 649. The number of fused-ring (bicyclic) bond motifs is 1. The zero-order chi connectivity index (χ0) is 15.6. The van der Waals surface area contributed by atoms with Crippen molar-refractivity contribution in [2.24, 2.45) is 12.8 Å². The first-order chi connectivity index (χ1) is 9.96. The molecule has 0 atom stereocenters. The molecule has 0 unspecified atom stereocenters. The number of hydrogen-bond acceptors (Lipinski definition) is 4. The Morgan fingerprint density at radius 2 is 2.10 bits per heavy atom. The van der Waals surface area contributed by atoms with E-state index in [1.807, 2.05) is 33.9 Å². The van der Waals surface area contributed by atoms with Crippen LogP contribution in [-0.4, -0.2) is 32.8 Å². The molecule has 2 rings (SSSR count). The molecular weight excluding hydrogens is 266 g/mol. The lowest BCUT2D eigenvalue weighted by molar-refractivity contribution is 0.0895. The minimum Gasteiger partial charge on any atom is -0.345 e. The van der Waals surface area contributed by atoms with Crippen LogP contribution in [0.5, 0.6) is 0 Å². The van der Waals surface area contributed by atoms with Crippen molar-refractivity contribution in [2.45, 2.75) is 39.2 Å². The lowest BCUT2D eigenvalue weighted by atomic mass is 9.92. The number of pyridine rings is 1. The second-order valence-electron chi connectivity index (χ2n) is 5.45. The Morgan fingerprint density at radius 1 is 1.43 bits per heavy atom. The van der Waals surface area contributed by atoms with E-state index in [1.54, 1.807) is 10.9 Å². The van der Waals surface area contributed by atoms with Crippen molar-refractivity contribution in [1.29, 1.82) is 0 Å². The summed E-state index contributed by atoms with van der Waals surface area (Å²) in [6.45, 7) is 6.40. The van der Waals surface area contributed by atoms with Crippen LogP contribution in [-0.2, 0) is 7.05 Å². The summed E-state index contributed by atoms with van der Waals surface area (Å²) in [4.78, 5) is 16.8. The summed E-state index contributed by atoms with van der Waals surface area (Å²) in [6, 6.07) is 1.84. The number of nitrogens with two attached hydrogens (primary N) is 1. The first kappa shape index (κ1) is 15.4. The van der Waals surface area contributed by atoms with Gasteiger partial charge in [-0.15, -0.1) is 0 Å². The highest BCUT2D eigenvalue weighted by molar-refractivity contribution is 5.97. The number of amides is 1. The van der Waals surface area contributed by atoms with E-state index >= 15 is 0 Å². The molecule has 0 fully saturated rings. The number of aromatic nitrogens is 3. The van der Waals surface area contributed by atoms with Crippen LogP contribution in [0.25, 0.3) is 11.0 Å². The summed E-state index contributed by atoms with van der Waals surface area (Å²) < 4.78 is 1.72. The summed E-state index contributed by atoms with van der Waals surface area (Å²) in [7, 11) is 1.84. The molecule has 2 aromatic rings. The molecule has 3 N–H and O–H groups in total. The summed E-state index contributed by atoms with van der Waals surface area (Å²) >= 11 is 0. The highest BCUT2D eigenvalue weighted by Crippen LogP contribution is 2.18. The monoisotopic (exact) mass is 289 g/mol. The standard InChI is InChI=1S/C15H23N5O/c1-5-15(6-2,9-16)18-14(21)11-7-12-10(3)19-20(4)13(12)17-8-11/h7-8H,5-6,9,16H2,1-4H3,(H,18,21). The summed E-state index contributed by atoms with van der Waals surface area (Å²) in [5.74, 6) is -0.137. The smallest absolute Gasteiger partial charge is 0.253 e. The highest BCUT2D eigenvalue weighted by Gasteiger charge is 2.27. The molecule has 6 nitrogen and oxygen atoms in total. The van der Waals surface area contributed by atoms with Crippen LogP contribution < -0.4 is 11.1 Å². The molecule has 21 heavy (non-hydrogen) atoms. The maximum Gasteiger partial charge on any atom is 0.253 e. The molecule has 0 bridgehead atoms. The molecular formula is C15H23N5O. The molecule has 0 radical (unpaired) electrons. The van der Waals surface area contributed by atoms with Crippen molar-refractivity contribution in [1.82, 2.24) is 20.1 Å². The molecule has 0 spiro atoms. The van der Waals surface area contributed by atoms with Crippen molar-refractivity contribution < 1.29 is 4.79 Å². The van der Waals surface area contributed by atoms with Crippen LogP contribution >= 0.6 is 0 Å². The van der Waals surface area contributed by atoms with Crippen molar-refractivity contribution in [3.63, 3.8) is 0 Å². The van der Waals surface area contributed by atoms with Crippen LogP contribution in [0.2, 0.25) is 0 Å². The fraction of sp³-hybridized carbons (Fsp3) is 0.533. The summed E-state index contributed by atoms with van der Waals surface area (Å²) in [6.07, 6.45) is 3.19. The number of aryl methyl sites for hydroxylation is 2. The zero-order valence-electron chi connectivity index (χ0n) is 13.1. The van der Waals surface area contributed by atoms with Crippen LogP contribution in [0.3, 0.4) is 0 Å². The van der Waals surface area contributed by atoms with Crippen LogP contribution in [0.15, 0.2) is 12.3 Å². The van der Waals surface area contributed by atoms with Gasteiger partial charge >= 0.3 is 0 Å². The van der Waals surface area contributed by atoms with E-state index in [0.29, 0.717) is 12.1 Å². The van der Waals surface area contributed by atoms with E-state index in [2.05, 4.69) is 15.4 Å². The first-order valence-corrected chi connectivity index (χ1v) is 7.28. The average molecular weight is 289 g/mol. The zero-order valence-corrected chi connectivity index (χ0v) is 13.1. The third kappa shape index (κ3) is 2.76. The maximum atomic E-state index is 12.5. The average Bonchev–Trinajstić information content (AvgIpc) is 2.79. The topological polar surface area (TPSA) is 85.8 Å². The Balaban J connectivity index is 2.33. The summed E-state index contributed by atoms with van der Waals surface area (Å²) in [5.41, 5.74) is 7.66. The minimum atomic E-state index is -0.351. The van der Waals surface area contributed by atoms with Gasteiger partial charge in [0, 0.05) is 25.2 Å². The normalized spacial score (nSPS) is 11.9. The van der Waals surface area contributed by atoms with Gasteiger partial charge in [0.25, 0.3) is 5.91 Å². The lowest BCUT2D eigenvalue weighted by Gasteiger charge is -2.31. The third-order valence-corrected chi connectivity index (χ3v) is 4.25. The molecule has 2 heterocycles. The number of rotatable bonds is 5. The molecule has 0 aromatic carbocycles. The fourth-order valence-corrected chi connectivity index (χ4v) is 2.51. The van der Waals surface area contributed by atoms with Gasteiger partial charge in [-0.3, -0.25) is 9.48 Å². The van der Waals surface area contributed by atoms with E-state index in [9.17, 15) is 4.79 Å². The second kappa shape index (κ2) is 5.81. The van der Waals surface area contributed by atoms with E-state index in [1.165, 1.54) is 0 Å². The van der Waals surface area contributed by atoms with Crippen molar-refractivity contribution in [3.8, 4) is 0 Å². The quantitative estimate of drug-likeness (QED) is 0.874. The largest absolute Gasteiger partial charge is 0.345 e. The Hall–Kier alpha value is -1.95. The predicted molar refractivity (Wildman–Crippen MR) is 83.1 cm³/mol. The maximum absolute atomic E-state index is 12.5. The van der Waals surface area contributed by atoms with Gasteiger partial charge in [0.05, 0.1) is 16.8 Å². The van der Waals surface area contributed by atoms with Crippen LogP contribution in [0.1, 0.15) is 42.7 Å². The predicted octanol–water partition coefficient (Wildman–Crippen LogP) is 1.52. The van der Waals surface area contributed by atoms with Crippen LogP contribution in [0.4, 0.5) is 0 Å². The molecule has 2 aromatic heterocycles. The Kier molecular flexibility index (Phi) is 4.27. The number of hydrogen-bond donors (Lipinski definition) is 2. The van der Waals surface area contributed by atoms with Gasteiger partial charge in [0.15, 0.2) is 5.65 Å². The van der Waals surface area contributed by atoms with Crippen molar-refractivity contribution in [2.75, 3.05) is 6.54 Å². The number of nitrogens with zero attached hydrogens (tertiary/aromatic N) is 3. The highest BCUT2D eigenvalue weighted by atomic mass is 16.1. The molecule has 1 amide bonds. The molecule has 0 aliphatic rings. The van der Waals surface area contributed by atoms with Crippen molar-refractivity contribution in [3.05, 3.63) is 23.5 Å². The molecule has 0 saturated heterocycles. The van der Waals surface area contributed by atoms with Gasteiger partial charge in [-0.25, -0.2) is 4.98 Å². The van der Waals surface area contributed by atoms with E-state index in [0.717, 1.165) is 29.6 Å². The first-order valence-electron chi connectivity index (χ1n) is 7.28. The Morgan fingerprint density at radius 3 is 2.67 bits per heavy atom. The molecule has 114 valence electrons. The van der Waals surface area contributed by atoms with Gasteiger partial charge in [0.1, 0.15) is 0 Å². The Labute approximate surface area is 124 Å². The SMILES string of the molecule is CCC(CC)(CN)NC(=O)c1cnc2c(c1)c(C)nn2C. The van der Waals surface area contributed by atoms with Gasteiger partial charge in [-0.05, 0) is 25.8 Å². The lowest BCUT2D eigenvalue weighted by Crippen LogP contribution is -2.52. The van der Waals surface area contributed by atoms with E-state index in [-0.39, 0.29) is 11.4 Å². The van der Waals surface area contributed by atoms with Crippen LogP contribution in [0, 0.1) is 6.92 Å². The molecule has 0 aliphatic carbocycles. The van der Waals surface area contributed by atoms with Crippen molar-refractivity contribution >= 4 is 16.9 Å². The molecule has 0 saturated carbocycles. The van der Waals surface area contributed by atoms with Gasteiger partial charge in [-0.1, -0.05) is 13.8 Å². The fourth-order valence-electron chi connectivity index (χ4n) is 2.51. The van der Waals surface area contributed by atoms with E-state index in [4.69, 9.17) is 5.73 Å². The minimum absolute atomic E-state index is 0.137.